The highest BCUT2D eigenvalue weighted by atomic mass is 16.4. The smallest absolute Gasteiger partial charge is 0.308 e. The zero-order valence-corrected chi connectivity index (χ0v) is 13.1. The topological polar surface area (TPSA) is 73.4 Å². The van der Waals surface area contributed by atoms with Crippen molar-refractivity contribution in [3.8, 4) is 0 Å². The summed E-state index contributed by atoms with van der Waals surface area (Å²) in [5.74, 6) is -0.682. The predicted octanol–water partition coefficient (Wildman–Crippen LogP) is 2.66. The van der Waals surface area contributed by atoms with Crippen LogP contribution in [0.25, 0.3) is 10.9 Å². The number of nitrogens with one attached hydrogen (secondary N) is 1. The van der Waals surface area contributed by atoms with E-state index in [-0.39, 0.29) is 11.8 Å². The number of nitrogens with zero attached hydrogens (tertiary/aromatic N) is 1. The van der Waals surface area contributed by atoms with Crippen molar-refractivity contribution in [2.45, 2.75) is 19.8 Å². The van der Waals surface area contributed by atoms with E-state index in [0.717, 1.165) is 29.3 Å². The van der Waals surface area contributed by atoms with Crippen LogP contribution in [-0.4, -0.2) is 40.0 Å². The van der Waals surface area contributed by atoms with Crippen LogP contribution in [0, 0.1) is 24.7 Å². The van der Waals surface area contributed by atoms with Crippen molar-refractivity contribution in [3.05, 3.63) is 35.5 Å². The lowest BCUT2D eigenvalue weighted by atomic mass is 9.92. The summed E-state index contributed by atoms with van der Waals surface area (Å²) in [5.41, 5.74) is 2.63. The van der Waals surface area contributed by atoms with Crippen LogP contribution in [0.2, 0.25) is 0 Å². The number of H-pyrrole nitrogens is 1. The van der Waals surface area contributed by atoms with Crippen molar-refractivity contribution in [1.82, 2.24) is 9.88 Å². The second-order valence-electron chi connectivity index (χ2n) is 6.93. The van der Waals surface area contributed by atoms with Gasteiger partial charge in [0.2, 0.25) is 0 Å². The molecular weight excluding hydrogens is 292 g/mol. The second-order valence-corrected chi connectivity index (χ2v) is 6.93. The van der Waals surface area contributed by atoms with Gasteiger partial charge in [-0.25, -0.2) is 0 Å². The van der Waals surface area contributed by atoms with Gasteiger partial charge in [-0.3, -0.25) is 9.59 Å². The molecule has 5 heteroatoms. The fourth-order valence-corrected chi connectivity index (χ4v) is 3.78. The Kier molecular flexibility index (Phi) is 3.18. The maximum absolute atomic E-state index is 12.8. The first-order chi connectivity index (χ1) is 11.0. The molecule has 2 fully saturated rings. The average molecular weight is 312 g/mol. The summed E-state index contributed by atoms with van der Waals surface area (Å²) in [6.45, 7) is 2.90. The number of aromatic amines is 1. The third kappa shape index (κ3) is 2.50. The number of aliphatic carboxylic acids is 1. The van der Waals surface area contributed by atoms with E-state index < -0.39 is 11.9 Å². The maximum Gasteiger partial charge on any atom is 0.308 e. The van der Waals surface area contributed by atoms with Crippen LogP contribution in [0.15, 0.2) is 24.3 Å². The van der Waals surface area contributed by atoms with Crippen LogP contribution in [0.1, 0.15) is 28.9 Å². The molecule has 0 spiro atoms. The molecule has 0 unspecified atom stereocenters. The van der Waals surface area contributed by atoms with E-state index in [1.54, 1.807) is 4.90 Å². The number of fused-ring (bicyclic) bond motifs is 1. The molecule has 0 bridgehead atoms. The Balaban J connectivity index is 1.59. The van der Waals surface area contributed by atoms with Gasteiger partial charge in [-0.15, -0.1) is 0 Å². The Labute approximate surface area is 134 Å². The third-order valence-electron chi connectivity index (χ3n) is 5.21. The summed E-state index contributed by atoms with van der Waals surface area (Å²) >= 11 is 0. The number of hydrogen-bond acceptors (Lipinski definition) is 2. The molecule has 4 rings (SSSR count). The lowest BCUT2D eigenvalue weighted by Crippen LogP contribution is -2.30. The normalized spacial score (nSPS) is 24.3. The molecule has 2 atom stereocenters. The third-order valence-corrected chi connectivity index (χ3v) is 5.21. The molecule has 2 aromatic rings. The quantitative estimate of drug-likeness (QED) is 0.915. The molecule has 2 aliphatic rings. The lowest BCUT2D eigenvalue weighted by molar-refractivity contribution is -0.142. The molecule has 1 aromatic carbocycles. The Morgan fingerprint density at radius 2 is 2.00 bits per heavy atom. The van der Waals surface area contributed by atoms with Crippen molar-refractivity contribution in [3.63, 3.8) is 0 Å². The standard InChI is InChI=1S/C18H20N2O3/c1-10-2-3-12-7-16(19-15(12)6-10)17(21)20-8-13(11-4-5-11)14(9-20)18(22)23/h2-3,6-7,11,13-14,19H,4-5,8-9H2,1H3,(H,22,23)/t13-,14+/m1/s1. The van der Waals surface area contributed by atoms with Gasteiger partial charge in [0, 0.05) is 24.0 Å². The molecule has 1 aliphatic carbocycles. The van der Waals surface area contributed by atoms with Gasteiger partial charge in [0.25, 0.3) is 5.91 Å². The molecule has 1 saturated heterocycles. The highest BCUT2D eigenvalue weighted by Gasteiger charge is 2.47. The first-order valence-electron chi connectivity index (χ1n) is 8.14. The molecule has 120 valence electrons. The summed E-state index contributed by atoms with van der Waals surface area (Å²) in [5, 5.41) is 10.4. The number of carboxylic acids is 1. The summed E-state index contributed by atoms with van der Waals surface area (Å²) in [7, 11) is 0. The Morgan fingerprint density at radius 1 is 1.22 bits per heavy atom. The minimum atomic E-state index is -0.774. The maximum atomic E-state index is 12.8. The molecule has 1 aliphatic heterocycles. The van der Waals surface area contributed by atoms with Crippen LogP contribution in [-0.2, 0) is 4.79 Å². The highest BCUT2D eigenvalue weighted by molar-refractivity contribution is 5.98. The largest absolute Gasteiger partial charge is 0.481 e. The number of rotatable bonds is 3. The number of benzene rings is 1. The number of aryl methyl sites for hydroxylation is 1. The van der Waals surface area contributed by atoms with E-state index in [9.17, 15) is 14.7 Å². The van der Waals surface area contributed by atoms with Gasteiger partial charge in [0.1, 0.15) is 5.69 Å². The number of hydrogen-bond donors (Lipinski definition) is 2. The highest BCUT2D eigenvalue weighted by Crippen LogP contribution is 2.44. The molecule has 23 heavy (non-hydrogen) atoms. The van der Waals surface area contributed by atoms with Gasteiger partial charge in [-0.05, 0) is 49.3 Å². The van der Waals surface area contributed by atoms with Gasteiger partial charge >= 0.3 is 5.97 Å². The molecule has 1 amide bonds. The van der Waals surface area contributed by atoms with Crippen LogP contribution in [0.3, 0.4) is 0 Å². The van der Waals surface area contributed by atoms with Gasteiger partial charge in [-0.1, -0.05) is 12.1 Å². The number of carbonyl (C=O) groups excluding carboxylic acids is 1. The van der Waals surface area contributed by atoms with Crippen molar-refractivity contribution in [2.75, 3.05) is 13.1 Å². The van der Waals surface area contributed by atoms with Crippen LogP contribution in [0.4, 0.5) is 0 Å². The zero-order valence-electron chi connectivity index (χ0n) is 13.1. The van der Waals surface area contributed by atoms with Crippen molar-refractivity contribution in [1.29, 1.82) is 0 Å². The number of likely N-dealkylation sites (tertiary alicyclic amines) is 1. The average Bonchev–Trinajstić information content (AvgIpc) is 3.11. The summed E-state index contributed by atoms with van der Waals surface area (Å²) in [6.07, 6.45) is 2.20. The van der Waals surface area contributed by atoms with Crippen molar-refractivity contribution >= 4 is 22.8 Å². The Morgan fingerprint density at radius 3 is 2.70 bits per heavy atom. The van der Waals surface area contributed by atoms with Gasteiger partial charge < -0.3 is 15.0 Å². The Hall–Kier alpha value is -2.30. The van der Waals surface area contributed by atoms with Crippen LogP contribution >= 0.6 is 0 Å². The van der Waals surface area contributed by atoms with Gasteiger partial charge in [0.05, 0.1) is 5.92 Å². The SMILES string of the molecule is Cc1ccc2cc(C(=O)N3C[C@H](C(=O)O)[C@@H](C4CC4)C3)[nH]c2c1. The van der Waals surface area contributed by atoms with E-state index in [1.165, 1.54) is 0 Å². The fraction of sp³-hybridized carbons (Fsp3) is 0.444. The zero-order chi connectivity index (χ0) is 16.1. The number of carbonyl (C=O) groups is 2. The van der Waals surface area contributed by atoms with Crippen LogP contribution < -0.4 is 0 Å². The van der Waals surface area contributed by atoms with E-state index in [4.69, 9.17) is 0 Å². The first kappa shape index (κ1) is 14.3. The monoisotopic (exact) mass is 312 g/mol. The van der Waals surface area contributed by atoms with E-state index in [2.05, 4.69) is 4.98 Å². The number of carboxylic acid groups (broad SMARTS) is 1. The molecule has 1 saturated carbocycles. The minimum Gasteiger partial charge on any atom is -0.481 e. The van der Waals surface area contributed by atoms with Gasteiger partial charge in [-0.2, -0.15) is 0 Å². The fourth-order valence-electron chi connectivity index (χ4n) is 3.78. The summed E-state index contributed by atoms with van der Waals surface area (Å²) in [4.78, 5) is 29.1. The predicted molar refractivity (Wildman–Crippen MR) is 86.3 cm³/mol. The Bertz CT molecular complexity index is 791. The van der Waals surface area contributed by atoms with Crippen LogP contribution in [0.5, 0.6) is 0 Å². The molecule has 1 aromatic heterocycles. The van der Waals surface area contributed by atoms with Crippen molar-refractivity contribution in [2.24, 2.45) is 17.8 Å². The second kappa shape index (κ2) is 5.11. The molecule has 0 radical (unpaired) electrons. The molecule has 2 N–H and O–H groups in total. The minimum absolute atomic E-state index is 0.0896. The first-order valence-corrected chi connectivity index (χ1v) is 8.14. The summed E-state index contributed by atoms with van der Waals surface area (Å²) in [6, 6.07) is 7.89. The molecule has 5 nitrogen and oxygen atoms in total. The number of amides is 1. The molecule has 2 heterocycles. The number of aromatic nitrogens is 1. The lowest BCUT2D eigenvalue weighted by Gasteiger charge is -2.15. The van der Waals surface area contributed by atoms with E-state index in [0.29, 0.717) is 24.7 Å². The van der Waals surface area contributed by atoms with Crippen molar-refractivity contribution < 1.29 is 14.7 Å². The van der Waals surface area contributed by atoms with E-state index >= 15 is 0 Å². The summed E-state index contributed by atoms with van der Waals surface area (Å²) < 4.78 is 0. The van der Waals surface area contributed by atoms with Gasteiger partial charge in [0.15, 0.2) is 0 Å². The molecular formula is C18H20N2O3. The van der Waals surface area contributed by atoms with E-state index in [1.807, 2.05) is 31.2 Å².